The van der Waals surface area contributed by atoms with Gasteiger partial charge in [0.05, 0.1) is 13.2 Å². The molecule has 0 spiro atoms. The average Bonchev–Trinajstić information content (AvgIpc) is 2.25. The van der Waals surface area contributed by atoms with Crippen molar-refractivity contribution in [1.82, 2.24) is 20.9 Å². The molecule has 0 radical (unpaired) electrons. The molecule has 1 aliphatic rings. The van der Waals surface area contributed by atoms with E-state index in [1.165, 1.54) is 0 Å². The van der Waals surface area contributed by atoms with Crippen LogP contribution in [0.4, 0.5) is 4.79 Å². The van der Waals surface area contributed by atoms with Gasteiger partial charge in [0.1, 0.15) is 0 Å². The second-order valence-electron chi connectivity index (χ2n) is 4.17. The third-order valence-electron chi connectivity index (χ3n) is 2.87. The lowest BCUT2D eigenvalue weighted by Crippen LogP contribution is -2.59. The minimum atomic E-state index is -0.472. The number of nitrogens with one attached hydrogen (secondary N) is 3. The summed E-state index contributed by atoms with van der Waals surface area (Å²) in [7, 11) is 1.55. The number of imide groups is 1. The van der Waals surface area contributed by atoms with Crippen LogP contribution in [-0.2, 0) is 9.53 Å². The summed E-state index contributed by atoms with van der Waals surface area (Å²) >= 11 is 0. The third kappa shape index (κ3) is 4.99. The Morgan fingerprint density at radius 3 is 2.67 bits per heavy atom. The summed E-state index contributed by atoms with van der Waals surface area (Å²) in [6.07, 6.45) is 0. The summed E-state index contributed by atoms with van der Waals surface area (Å²) in [5.41, 5.74) is 0. The number of likely N-dealkylation sites (N-methyl/N-ethyl adjacent to an activating group) is 1. The van der Waals surface area contributed by atoms with E-state index in [-0.39, 0.29) is 12.5 Å². The van der Waals surface area contributed by atoms with E-state index < -0.39 is 6.03 Å². The monoisotopic (exact) mass is 258 g/mol. The van der Waals surface area contributed by atoms with Crippen molar-refractivity contribution in [2.75, 3.05) is 46.4 Å². The van der Waals surface area contributed by atoms with E-state index in [0.29, 0.717) is 19.2 Å². The van der Waals surface area contributed by atoms with Gasteiger partial charge in [-0.05, 0) is 6.54 Å². The Morgan fingerprint density at radius 2 is 2.17 bits per heavy atom. The Bertz CT molecular complexity index is 281. The van der Waals surface area contributed by atoms with Crippen LogP contribution in [-0.4, -0.2) is 69.3 Å². The molecule has 0 aromatic heterocycles. The number of amides is 3. The summed E-state index contributed by atoms with van der Waals surface area (Å²) in [6.45, 7) is 5.67. The van der Waals surface area contributed by atoms with Gasteiger partial charge in [-0.15, -0.1) is 0 Å². The Balaban J connectivity index is 2.20. The van der Waals surface area contributed by atoms with Crippen LogP contribution in [0.3, 0.4) is 0 Å². The van der Waals surface area contributed by atoms with E-state index in [9.17, 15) is 9.59 Å². The minimum absolute atomic E-state index is 0.251. The van der Waals surface area contributed by atoms with Crippen molar-refractivity contribution in [3.8, 4) is 0 Å². The first-order valence-corrected chi connectivity index (χ1v) is 6.18. The summed E-state index contributed by atoms with van der Waals surface area (Å²) in [5, 5.41) is 7.99. The highest BCUT2D eigenvalue weighted by molar-refractivity contribution is 5.95. The van der Waals surface area contributed by atoms with Crippen molar-refractivity contribution < 1.29 is 14.3 Å². The molecule has 3 amide bonds. The number of hydrogen-bond acceptors (Lipinski definition) is 5. The van der Waals surface area contributed by atoms with Crippen molar-refractivity contribution in [2.24, 2.45) is 0 Å². The summed E-state index contributed by atoms with van der Waals surface area (Å²) in [5.74, 6) is -0.279. The molecule has 7 nitrogen and oxygen atoms in total. The number of nitrogens with zero attached hydrogens (tertiary/aromatic N) is 1. The molecule has 1 heterocycles. The first-order valence-electron chi connectivity index (χ1n) is 6.18. The van der Waals surface area contributed by atoms with Gasteiger partial charge in [-0.2, -0.15) is 0 Å². The van der Waals surface area contributed by atoms with Gasteiger partial charge in [0.15, 0.2) is 0 Å². The zero-order valence-electron chi connectivity index (χ0n) is 11.0. The van der Waals surface area contributed by atoms with Crippen molar-refractivity contribution in [1.29, 1.82) is 0 Å². The molecule has 0 bridgehead atoms. The summed E-state index contributed by atoms with van der Waals surface area (Å²) < 4.78 is 4.79. The molecule has 0 atom stereocenters. The predicted octanol–water partition coefficient (Wildman–Crippen LogP) is -1.25. The maximum absolute atomic E-state index is 11.6. The van der Waals surface area contributed by atoms with Crippen molar-refractivity contribution in [3.05, 3.63) is 0 Å². The van der Waals surface area contributed by atoms with E-state index in [4.69, 9.17) is 4.74 Å². The van der Waals surface area contributed by atoms with Crippen molar-refractivity contribution in [2.45, 2.75) is 13.0 Å². The topological polar surface area (TPSA) is 82.7 Å². The summed E-state index contributed by atoms with van der Waals surface area (Å²) in [6, 6.07) is -0.0721. The lowest BCUT2D eigenvalue weighted by Gasteiger charge is -2.37. The number of methoxy groups -OCH3 is 1. The first kappa shape index (κ1) is 14.9. The lowest BCUT2D eigenvalue weighted by molar-refractivity contribution is -0.121. The number of hydrogen-bond donors (Lipinski definition) is 3. The maximum Gasteiger partial charge on any atom is 0.321 e. The van der Waals surface area contributed by atoms with E-state index in [1.54, 1.807) is 7.11 Å². The molecule has 0 unspecified atom stereocenters. The molecule has 1 fully saturated rings. The van der Waals surface area contributed by atoms with Crippen LogP contribution >= 0.6 is 0 Å². The quantitative estimate of drug-likeness (QED) is 0.497. The zero-order chi connectivity index (χ0) is 13.4. The highest BCUT2D eigenvalue weighted by Gasteiger charge is 2.25. The normalized spacial score (nSPS) is 15.3. The van der Waals surface area contributed by atoms with Crippen LogP contribution in [0, 0.1) is 0 Å². The van der Waals surface area contributed by atoms with E-state index >= 15 is 0 Å². The van der Waals surface area contributed by atoms with Crippen LogP contribution in [0.25, 0.3) is 0 Å². The fourth-order valence-corrected chi connectivity index (χ4v) is 1.69. The molecule has 1 aliphatic heterocycles. The molecular formula is C11H22N4O3. The van der Waals surface area contributed by atoms with Gasteiger partial charge in [-0.1, -0.05) is 6.92 Å². The Hall–Kier alpha value is -1.18. The van der Waals surface area contributed by atoms with Crippen molar-refractivity contribution in [3.63, 3.8) is 0 Å². The highest BCUT2D eigenvalue weighted by Crippen LogP contribution is 2.03. The molecular weight excluding hydrogens is 236 g/mol. The molecule has 18 heavy (non-hydrogen) atoms. The number of rotatable bonds is 7. The molecule has 104 valence electrons. The van der Waals surface area contributed by atoms with E-state index in [0.717, 1.165) is 19.6 Å². The van der Waals surface area contributed by atoms with Crippen LogP contribution in [0.2, 0.25) is 0 Å². The van der Waals surface area contributed by atoms with Gasteiger partial charge >= 0.3 is 6.03 Å². The molecule has 3 N–H and O–H groups in total. The van der Waals surface area contributed by atoms with Crippen LogP contribution < -0.4 is 16.0 Å². The van der Waals surface area contributed by atoms with Crippen molar-refractivity contribution >= 4 is 11.9 Å². The molecule has 7 heteroatoms. The largest absolute Gasteiger partial charge is 0.383 e. The maximum atomic E-state index is 11.6. The van der Waals surface area contributed by atoms with Gasteiger partial charge in [-0.3, -0.25) is 15.0 Å². The Labute approximate surface area is 107 Å². The fourth-order valence-electron chi connectivity index (χ4n) is 1.69. The predicted molar refractivity (Wildman–Crippen MR) is 67.3 cm³/mol. The zero-order valence-corrected chi connectivity index (χ0v) is 11.0. The Kier molecular flexibility index (Phi) is 6.63. The summed E-state index contributed by atoms with van der Waals surface area (Å²) in [4.78, 5) is 25.0. The second kappa shape index (κ2) is 8.02. The van der Waals surface area contributed by atoms with Crippen LogP contribution in [0.5, 0.6) is 0 Å². The Morgan fingerprint density at radius 1 is 1.44 bits per heavy atom. The van der Waals surface area contributed by atoms with Gasteiger partial charge in [-0.25, -0.2) is 4.79 Å². The van der Waals surface area contributed by atoms with E-state index in [2.05, 4.69) is 16.0 Å². The third-order valence-corrected chi connectivity index (χ3v) is 2.87. The number of carbonyl (C=O) groups is 2. The minimum Gasteiger partial charge on any atom is -0.383 e. The standard InChI is InChI=1S/C11H22N4O3/c1-3-15(9-6-12-7-9)8-10(16)14-11(17)13-4-5-18-2/h9,12H,3-8H2,1-2H3,(H2,13,14,16,17). The molecule has 0 aliphatic carbocycles. The SMILES string of the molecule is CCN(CC(=O)NC(=O)NCCOC)C1CNC1. The second-order valence-corrected chi connectivity index (χ2v) is 4.17. The van der Waals surface area contributed by atoms with Crippen LogP contribution in [0.15, 0.2) is 0 Å². The van der Waals surface area contributed by atoms with Gasteiger partial charge in [0.25, 0.3) is 0 Å². The molecule has 1 rings (SSSR count). The average molecular weight is 258 g/mol. The number of ether oxygens (including phenoxy) is 1. The van der Waals surface area contributed by atoms with Crippen LogP contribution in [0.1, 0.15) is 6.92 Å². The molecule has 0 saturated carbocycles. The van der Waals surface area contributed by atoms with E-state index in [1.807, 2.05) is 11.8 Å². The lowest BCUT2D eigenvalue weighted by atomic mass is 10.1. The number of carbonyl (C=O) groups excluding carboxylic acids is 2. The van der Waals surface area contributed by atoms with Gasteiger partial charge in [0, 0.05) is 32.8 Å². The molecule has 1 saturated heterocycles. The molecule has 0 aromatic rings. The van der Waals surface area contributed by atoms with Gasteiger partial charge in [0.2, 0.25) is 5.91 Å². The van der Waals surface area contributed by atoms with Gasteiger partial charge < -0.3 is 15.4 Å². The first-order chi connectivity index (χ1) is 8.67. The fraction of sp³-hybridized carbons (Fsp3) is 0.818. The highest BCUT2D eigenvalue weighted by atomic mass is 16.5. The molecule has 0 aromatic carbocycles. The number of urea groups is 1. The smallest absolute Gasteiger partial charge is 0.321 e.